The largest absolute Gasteiger partial charge is 0.444 e. The van der Waals surface area contributed by atoms with Gasteiger partial charge in [0.25, 0.3) is 0 Å². The first-order chi connectivity index (χ1) is 18.6. The maximum absolute atomic E-state index is 13.5. The summed E-state index contributed by atoms with van der Waals surface area (Å²) in [6.07, 6.45) is 4.30. The van der Waals surface area contributed by atoms with Crippen molar-refractivity contribution < 1.29 is 13.9 Å². The molecule has 0 unspecified atom stereocenters. The average molecular weight is 597 g/mol. The molecule has 0 spiro atoms. The summed E-state index contributed by atoms with van der Waals surface area (Å²) in [6, 6.07) is 9.39. The summed E-state index contributed by atoms with van der Waals surface area (Å²) in [5.74, 6) is 0.413. The van der Waals surface area contributed by atoms with E-state index in [9.17, 15) is 9.18 Å². The third-order valence-corrected chi connectivity index (χ3v) is 6.94. The number of alkyl carbamates (subject to hydrolysis) is 1. The van der Waals surface area contributed by atoms with Gasteiger partial charge in [-0.3, -0.25) is 9.88 Å². The maximum Gasteiger partial charge on any atom is 0.407 e. The van der Waals surface area contributed by atoms with Gasteiger partial charge < -0.3 is 19.9 Å². The number of aromatic nitrogens is 4. The average Bonchev–Trinajstić information content (AvgIpc) is 3.32. The number of halogens is 2. The number of pyridine rings is 2. The lowest BCUT2D eigenvalue weighted by Crippen LogP contribution is -2.46. The standard InChI is InChI=1S/C28H31BrFN7O2/c1-28(2,3)39-27(38)33-14-18-4-6-20(7-5-18)25-34-23-24(22(29)16-32-26(23)35-25)37-10-8-36(9-11-37)17-19-12-21(30)15-31-13-19/h4-7,12-13,15-16H,8-11,14,17H2,1-3H3,(H,33,38)(H,32,34,35). The Morgan fingerprint density at radius 2 is 1.85 bits per heavy atom. The van der Waals surface area contributed by atoms with Gasteiger partial charge in [0.05, 0.1) is 16.4 Å². The van der Waals surface area contributed by atoms with Crippen LogP contribution in [0.3, 0.4) is 0 Å². The van der Waals surface area contributed by atoms with E-state index in [4.69, 9.17) is 9.72 Å². The third kappa shape index (κ3) is 6.72. The van der Waals surface area contributed by atoms with Crippen molar-refractivity contribution in [1.82, 2.24) is 30.2 Å². The van der Waals surface area contributed by atoms with Gasteiger partial charge in [0.1, 0.15) is 22.8 Å². The summed E-state index contributed by atoms with van der Waals surface area (Å²) in [6.45, 7) is 9.83. The molecule has 39 heavy (non-hydrogen) atoms. The minimum absolute atomic E-state index is 0.310. The Kier molecular flexibility index (Phi) is 7.81. The number of carbonyl (C=O) groups excluding carboxylic acids is 1. The number of rotatable bonds is 6. The van der Waals surface area contributed by atoms with E-state index >= 15 is 0 Å². The van der Waals surface area contributed by atoms with E-state index in [0.717, 1.165) is 64.4 Å². The molecule has 1 aliphatic heterocycles. The lowest BCUT2D eigenvalue weighted by Gasteiger charge is -2.36. The molecule has 1 aromatic carbocycles. The molecule has 1 aliphatic rings. The number of hydrogen-bond acceptors (Lipinski definition) is 7. The van der Waals surface area contributed by atoms with Gasteiger partial charge in [-0.2, -0.15) is 0 Å². The van der Waals surface area contributed by atoms with Gasteiger partial charge >= 0.3 is 6.09 Å². The molecule has 204 valence electrons. The molecule has 1 amide bonds. The number of imidazole rings is 1. The second-order valence-corrected chi connectivity index (χ2v) is 11.4. The number of carbonyl (C=O) groups is 1. The number of nitrogens with one attached hydrogen (secondary N) is 2. The van der Waals surface area contributed by atoms with Gasteiger partial charge in [-0.05, 0) is 53.9 Å². The predicted octanol–water partition coefficient (Wildman–Crippen LogP) is 5.27. The fraction of sp³-hybridized carbons (Fsp3) is 0.357. The molecule has 4 heterocycles. The number of benzene rings is 1. The molecule has 11 heteroatoms. The van der Waals surface area contributed by atoms with Crippen molar-refractivity contribution in [3.63, 3.8) is 0 Å². The Labute approximate surface area is 234 Å². The van der Waals surface area contributed by atoms with Gasteiger partial charge in [-0.1, -0.05) is 24.3 Å². The van der Waals surface area contributed by atoms with E-state index in [2.05, 4.69) is 46.0 Å². The molecule has 5 rings (SSSR count). The van der Waals surface area contributed by atoms with E-state index in [-0.39, 0.29) is 5.82 Å². The number of fused-ring (bicyclic) bond motifs is 1. The Morgan fingerprint density at radius 3 is 2.54 bits per heavy atom. The SMILES string of the molecule is CC(C)(C)OC(=O)NCc1ccc(-c2nc3c(N4CCN(Cc5cncc(F)c5)CC4)c(Br)cnc3[nH]2)cc1. The molecule has 3 aromatic heterocycles. The van der Waals surface area contributed by atoms with Crippen LogP contribution < -0.4 is 10.2 Å². The lowest BCUT2D eigenvalue weighted by molar-refractivity contribution is 0.0523. The molecule has 0 aliphatic carbocycles. The van der Waals surface area contributed by atoms with Crippen LogP contribution in [0, 0.1) is 5.82 Å². The highest BCUT2D eigenvalue weighted by Gasteiger charge is 2.23. The van der Waals surface area contributed by atoms with Crippen LogP contribution in [0.4, 0.5) is 14.9 Å². The fourth-order valence-corrected chi connectivity index (χ4v) is 5.10. The number of H-pyrrole nitrogens is 1. The normalized spacial score (nSPS) is 14.5. The van der Waals surface area contributed by atoms with Crippen molar-refractivity contribution >= 4 is 38.9 Å². The van der Waals surface area contributed by atoms with E-state index in [1.54, 1.807) is 12.4 Å². The van der Waals surface area contributed by atoms with E-state index < -0.39 is 11.7 Å². The number of ether oxygens (including phenoxy) is 1. The number of nitrogens with zero attached hydrogens (tertiary/aromatic N) is 5. The van der Waals surface area contributed by atoms with Gasteiger partial charge in [-0.25, -0.2) is 19.2 Å². The van der Waals surface area contributed by atoms with Gasteiger partial charge in [0.2, 0.25) is 0 Å². The molecule has 0 radical (unpaired) electrons. The first kappa shape index (κ1) is 27.0. The number of amides is 1. The monoisotopic (exact) mass is 595 g/mol. The Hall–Kier alpha value is -3.57. The number of hydrogen-bond donors (Lipinski definition) is 2. The predicted molar refractivity (Wildman–Crippen MR) is 152 cm³/mol. The zero-order valence-corrected chi connectivity index (χ0v) is 23.8. The quantitative estimate of drug-likeness (QED) is 0.313. The van der Waals surface area contributed by atoms with Crippen LogP contribution in [-0.4, -0.2) is 62.7 Å². The maximum atomic E-state index is 13.5. The summed E-state index contributed by atoms with van der Waals surface area (Å²) in [5.41, 5.74) is 4.74. The summed E-state index contributed by atoms with van der Waals surface area (Å²) < 4.78 is 19.7. The van der Waals surface area contributed by atoms with Crippen molar-refractivity contribution in [2.45, 2.75) is 39.5 Å². The number of aromatic amines is 1. The minimum atomic E-state index is -0.536. The van der Waals surface area contributed by atoms with Crippen LogP contribution in [-0.2, 0) is 17.8 Å². The van der Waals surface area contributed by atoms with Crippen molar-refractivity contribution in [3.8, 4) is 11.4 Å². The summed E-state index contributed by atoms with van der Waals surface area (Å²) in [4.78, 5) is 33.3. The highest BCUT2D eigenvalue weighted by molar-refractivity contribution is 9.10. The van der Waals surface area contributed by atoms with Crippen LogP contribution in [0.25, 0.3) is 22.6 Å². The molecule has 0 saturated carbocycles. The Bertz CT molecular complexity index is 1460. The van der Waals surface area contributed by atoms with Crippen molar-refractivity contribution in [2.24, 2.45) is 0 Å². The molecule has 1 saturated heterocycles. The van der Waals surface area contributed by atoms with Crippen LogP contribution in [0.15, 0.2) is 53.4 Å². The molecular weight excluding hydrogens is 565 g/mol. The summed E-state index contributed by atoms with van der Waals surface area (Å²) in [5, 5.41) is 2.78. The van der Waals surface area contributed by atoms with E-state index in [0.29, 0.717) is 18.7 Å². The van der Waals surface area contributed by atoms with Crippen LogP contribution in [0.1, 0.15) is 31.9 Å². The van der Waals surface area contributed by atoms with Crippen LogP contribution in [0.5, 0.6) is 0 Å². The molecule has 2 N–H and O–H groups in total. The molecular formula is C28H31BrFN7O2. The lowest BCUT2D eigenvalue weighted by atomic mass is 10.1. The minimum Gasteiger partial charge on any atom is -0.444 e. The molecule has 9 nitrogen and oxygen atoms in total. The fourth-order valence-electron chi connectivity index (χ4n) is 4.55. The summed E-state index contributed by atoms with van der Waals surface area (Å²) >= 11 is 3.69. The molecule has 0 bridgehead atoms. The summed E-state index contributed by atoms with van der Waals surface area (Å²) in [7, 11) is 0. The smallest absolute Gasteiger partial charge is 0.407 e. The molecule has 1 fully saturated rings. The first-order valence-electron chi connectivity index (χ1n) is 12.8. The van der Waals surface area contributed by atoms with Crippen LogP contribution >= 0.6 is 15.9 Å². The second kappa shape index (κ2) is 11.3. The zero-order valence-electron chi connectivity index (χ0n) is 22.2. The first-order valence-corrected chi connectivity index (χ1v) is 13.6. The Morgan fingerprint density at radius 1 is 1.10 bits per heavy atom. The molecule has 4 aromatic rings. The number of piperazine rings is 1. The van der Waals surface area contributed by atoms with E-state index in [1.165, 1.54) is 12.3 Å². The topological polar surface area (TPSA) is 99.3 Å². The Balaban J connectivity index is 1.27. The van der Waals surface area contributed by atoms with Gasteiger partial charge in [-0.15, -0.1) is 0 Å². The van der Waals surface area contributed by atoms with E-state index in [1.807, 2.05) is 45.0 Å². The third-order valence-electron chi connectivity index (χ3n) is 6.36. The highest BCUT2D eigenvalue weighted by Crippen LogP contribution is 2.34. The highest BCUT2D eigenvalue weighted by atomic mass is 79.9. The van der Waals surface area contributed by atoms with Crippen molar-refractivity contribution in [3.05, 3.63) is 70.3 Å². The zero-order chi connectivity index (χ0) is 27.6. The number of anilines is 1. The van der Waals surface area contributed by atoms with Crippen LogP contribution in [0.2, 0.25) is 0 Å². The van der Waals surface area contributed by atoms with Crippen molar-refractivity contribution in [1.29, 1.82) is 0 Å². The second-order valence-electron chi connectivity index (χ2n) is 10.6. The van der Waals surface area contributed by atoms with Gasteiger partial charge in [0, 0.05) is 57.2 Å². The van der Waals surface area contributed by atoms with Crippen molar-refractivity contribution in [2.75, 3.05) is 31.1 Å². The molecule has 0 atom stereocenters. The van der Waals surface area contributed by atoms with Gasteiger partial charge in [0.15, 0.2) is 5.65 Å².